The molecule has 1 aromatic carbocycles. The van der Waals surface area contributed by atoms with Crippen molar-refractivity contribution in [2.45, 2.75) is 19.3 Å². The lowest BCUT2D eigenvalue weighted by Crippen LogP contribution is -1.82. The molecule has 1 nitrogen and oxygen atoms in total. The van der Waals surface area contributed by atoms with E-state index in [0.29, 0.717) is 0 Å². The lowest BCUT2D eigenvalue weighted by Gasteiger charge is -1.97. The van der Waals surface area contributed by atoms with E-state index in [4.69, 9.17) is 5.11 Å². The molecule has 1 N–H and O–H groups in total. The molecule has 0 unspecified atom stereocenters. The maximum atomic E-state index is 8.50. The first kappa shape index (κ1) is 11.7. The van der Waals surface area contributed by atoms with E-state index in [1.807, 2.05) is 18.2 Å². The van der Waals surface area contributed by atoms with Crippen LogP contribution in [0.5, 0.6) is 0 Å². The average Bonchev–Trinajstić information content (AvgIpc) is 2.29. The van der Waals surface area contributed by atoms with Gasteiger partial charge in [-0.05, 0) is 24.8 Å². The summed E-state index contributed by atoms with van der Waals surface area (Å²) < 4.78 is 0. The first-order valence-electron chi connectivity index (χ1n) is 5.40. The highest BCUT2D eigenvalue weighted by molar-refractivity contribution is 5.14. The smallest absolute Gasteiger partial charge is 0.0615 e. The van der Waals surface area contributed by atoms with Crippen LogP contribution < -0.4 is 0 Å². The minimum Gasteiger partial charge on any atom is -0.392 e. The number of hydrogen-bond donors (Lipinski definition) is 1. The normalized spacial score (nSPS) is 11.5. The van der Waals surface area contributed by atoms with Gasteiger partial charge in [0.25, 0.3) is 0 Å². The molecule has 0 atom stereocenters. The zero-order valence-electron chi connectivity index (χ0n) is 8.97. The molecule has 0 amide bonds. The van der Waals surface area contributed by atoms with Gasteiger partial charge in [0.15, 0.2) is 0 Å². The molecule has 80 valence electrons. The van der Waals surface area contributed by atoms with E-state index in [1.165, 1.54) is 12.0 Å². The third-order valence-corrected chi connectivity index (χ3v) is 2.17. The van der Waals surface area contributed by atoms with Gasteiger partial charge in [0.05, 0.1) is 6.61 Å². The van der Waals surface area contributed by atoms with Crippen LogP contribution in [-0.2, 0) is 6.42 Å². The molecular weight excluding hydrogens is 184 g/mol. The molecule has 0 heterocycles. The molecule has 0 bridgehead atoms. The summed E-state index contributed by atoms with van der Waals surface area (Å²) in [4.78, 5) is 0. The van der Waals surface area contributed by atoms with Crippen molar-refractivity contribution >= 4 is 0 Å². The van der Waals surface area contributed by atoms with Crippen molar-refractivity contribution in [3.8, 4) is 0 Å². The minimum absolute atomic E-state index is 0.119. The second kappa shape index (κ2) is 8.01. The molecule has 0 aliphatic heterocycles. The number of hydrogen-bond acceptors (Lipinski definition) is 1. The van der Waals surface area contributed by atoms with Gasteiger partial charge < -0.3 is 5.11 Å². The Kier molecular flexibility index (Phi) is 6.26. The molecule has 0 fully saturated rings. The summed E-state index contributed by atoms with van der Waals surface area (Å²) in [5.74, 6) is 0. The Morgan fingerprint density at radius 3 is 2.47 bits per heavy atom. The van der Waals surface area contributed by atoms with Crippen LogP contribution in [0.1, 0.15) is 18.4 Å². The summed E-state index contributed by atoms with van der Waals surface area (Å²) in [7, 11) is 0. The van der Waals surface area contributed by atoms with Crippen LogP contribution >= 0.6 is 0 Å². The fourth-order valence-corrected chi connectivity index (χ4v) is 1.38. The lowest BCUT2D eigenvalue weighted by atomic mass is 10.1. The molecule has 1 rings (SSSR count). The van der Waals surface area contributed by atoms with Gasteiger partial charge >= 0.3 is 0 Å². The average molecular weight is 202 g/mol. The van der Waals surface area contributed by atoms with E-state index in [0.717, 1.165) is 12.8 Å². The van der Waals surface area contributed by atoms with E-state index in [2.05, 4.69) is 30.3 Å². The molecule has 1 heteroatoms. The molecule has 0 aliphatic rings. The van der Waals surface area contributed by atoms with Gasteiger partial charge in [-0.25, -0.2) is 0 Å². The van der Waals surface area contributed by atoms with Crippen LogP contribution in [0.2, 0.25) is 0 Å². The maximum Gasteiger partial charge on any atom is 0.0615 e. The van der Waals surface area contributed by atoms with E-state index >= 15 is 0 Å². The fourth-order valence-electron chi connectivity index (χ4n) is 1.38. The second-order valence-corrected chi connectivity index (χ2v) is 3.42. The molecule has 0 spiro atoms. The van der Waals surface area contributed by atoms with Crippen molar-refractivity contribution in [2.75, 3.05) is 6.61 Å². The summed E-state index contributed by atoms with van der Waals surface area (Å²) in [6, 6.07) is 10.5. The third kappa shape index (κ3) is 5.87. The first-order valence-corrected chi connectivity index (χ1v) is 5.40. The van der Waals surface area contributed by atoms with E-state index < -0.39 is 0 Å². The quantitative estimate of drug-likeness (QED) is 0.555. The largest absolute Gasteiger partial charge is 0.392 e. The Bertz CT molecular complexity index is 298. The molecule has 1 aromatic rings. The Hall–Kier alpha value is -1.34. The predicted octanol–water partition coefficient (Wildman–Crippen LogP) is 3.11. The minimum atomic E-state index is 0.119. The summed E-state index contributed by atoms with van der Waals surface area (Å²) >= 11 is 0. The first-order chi connectivity index (χ1) is 7.43. The van der Waals surface area contributed by atoms with Gasteiger partial charge in [-0.1, -0.05) is 54.6 Å². The van der Waals surface area contributed by atoms with Crippen LogP contribution in [0.25, 0.3) is 0 Å². The van der Waals surface area contributed by atoms with E-state index in [9.17, 15) is 0 Å². The van der Waals surface area contributed by atoms with Gasteiger partial charge in [-0.3, -0.25) is 0 Å². The highest BCUT2D eigenvalue weighted by atomic mass is 16.2. The van der Waals surface area contributed by atoms with E-state index in [1.54, 1.807) is 6.08 Å². The van der Waals surface area contributed by atoms with Crippen LogP contribution in [-0.4, -0.2) is 11.7 Å². The predicted molar refractivity (Wildman–Crippen MR) is 64.7 cm³/mol. The van der Waals surface area contributed by atoms with Gasteiger partial charge in [0.2, 0.25) is 0 Å². The molecule has 0 radical (unpaired) electrons. The van der Waals surface area contributed by atoms with E-state index in [-0.39, 0.29) is 6.61 Å². The Morgan fingerprint density at radius 1 is 1.00 bits per heavy atom. The number of allylic oxidation sites excluding steroid dienone is 3. The molecule has 0 aromatic heterocycles. The highest BCUT2D eigenvalue weighted by Gasteiger charge is 1.88. The van der Waals surface area contributed by atoms with Crippen molar-refractivity contribution in [1.82, 2.24) is 0 Å². The number of unbranched alkanes of at least 4 members (excludes halogenated alkanes) is 1. The van der Waals surface area contributed by atoms with Crippen molar-refractivity contribution < 1.29 is 5.11 Å². The van der Waals surface area contributed by atoms with Gasteiger partial charge in [-0.15, -0.1) is 0 Å². The van der Waals surface area contributed by atoms with Gasteiger partial charge in [0.1, 0.15) is 0 Å². The number of rotatable bonds is 6. The lowest BCUT2D eigenvalue weighted by molar-refractivity contribution is 0.343. The topological polar surface area (TPSA) is 20.2 Å². The van der Waals surface area contributed by atoms with Crippen molar-refractivity contribution in [2.24, 2.45) is 0 Å². The standard InChI is InChI=1S/C14H18O/c15-13-9-4-2-1-3-6-10-14-11-7-5-8-12-14/h1-2,4-5,7-9,11-12,15H,3,6,10,13H2/b2-1+,9-4+. The Morgan fingerprint density at radius 2 is 1.73 bits per heavy atom. The maximum absolute atomic E-state index is 8.50. The van der Waals surface area contributed by atoms with Crippen LogP contribution in [0.15, 0.2) is 54.6 Å². The number of aryl methyl sites for hydroxylation is 1. The molecule has 0 saturated carbocycles. The van der Waals surface area contributed by atoms with Crippen molar-refractivity contribution in [3.05, 3.63) is 60.2 Å². The summed E-state index contributed by atoms with van der Waals surface area (Å²) in [6.45, 7) is 0.119. The highest BCUT2D eigenvalue weighted by Crippen LogP contribution is 2.04. The van der Waals surface area contributed by atoms with Gasteiger partial charge in [0, 0.05) is 0 Å². The Balaban J connectivity index is 2.12. The molecule has 15 heavy (non-hydrogen) atoms. The van der Waals surface area contributed by atoms with Crippen LogP contribution in [0.4, 0.5) is 0 Å². The summed E-state index contributed by atoms with van der Waals surface area (Å²) in [6.07, 6.45) is 11.1. The zero-order chi connectivity index (χ0) is 10.8. The second-order valence-electron chi connectivity index (χ2n) is 3.42. The summed E-state index contributed by atoms with van der Waals surface area (Å²) in [5, 5.41) is 8.50. The molecule has 0 saturated heterocycles. The van der Waals surface area contributed by atoms with Crippen molar-refractivity contribution in [1.29, 1.82) is 0 Å². The van der Waals surface area contributed by atoms with Crippen LogP contribution in [0.3, 0.4) is 0 Å². The Labute approximate surface area is 91.8 Å². The SMILES string of the molecule is OC/C=C/C=C/CCCc1ccccc1. The zero-order valence-corrected chi connectivity index (χ0v) is 8.97. The van der Waals surface area contributed by atoms with Crippen molar-refractivity contribution in [3.63, 3.8) is 0 Å². The fraction of sp³-hybridized carbons (Fsp3) is 0.286. The monoisotopic (exact) mass is 202 g/mol. The molecule has 0 aliphatic carbocycles. The third-order valence-electron chi connectivity index (χ3n) is 2.17. The van der Waals surface area contributed by atoms with Crippen LogP contribution in [0, 0.1) is 0 Å². The summed E-state index contributed by atoms with van der Waals surface area (Å²) in [5.41, 5.74) is 1.40. The number of aliphatic hydroxyl groups is 1. The van der Waals surface area contributed by atoms with Gasteiger partial charge in [-0.2, -0.15) is 0 Å². The number of benzene rings is 1. The number of aliphatic hydroxyl groups excluding tert-OH is 1. The molecular formula is C14H18O.